The number of carbonyl (C=O) groups excluding carboxylic acids is 1. The lowest BCUT2D eigenvalue weighted by Crippen LogP contribution is -2.48. The smallest absolute Gasteiger partial charge is 0.250 e. The Morgan fingerprint density at radius 3 is 2.30 bits per heavy atom. The number of primary amides is 1. The molecule has 23 heavy (non-hydrogen) atoms. The van der Waals surface area contributed by atoms with Crippen molar-refractivity contribution < 1.29 is 4.79 Å². The third-order valence-electron chi connectivity index (χ3n) is 4.18. The van der Waals surface area contributed by atoms with E-state index in [4.69, 9.17) is 5.73 Å². The number of benzene rings is 2. The Hall–Kier alpha value is -2.53. The molecule has 0 radical (unpaired) electrons. The molecule has 0 bridgehead atoms. The number of nitrogens with two attached hydrogens (primary N) is 1. The van der Waals surface area contributed by atoms with E-state index >= 15 is 0 Å². The lowest BCUT2D eigenvalue weighted by atomic mass is 10.1. The zero-order valence-corrected chi connectivity index (χ0v) is 13.1. The number of hydrogen-bond acceptors (Lipinski definition) is 4. The van der Waals surface area contributed by atoms with E-state index in [-0.39, 0.29) is 0 Å². The molecule has 0 aromatic heterocycles. The average molecular weight is 310 g/mol. The third-order valence-corrected chi connectivity index (χ3v) is 4.18. The molecule has 1 fully saturated rings. The third kappa shape index (κ3) is 3.81. The SMILES string of the molecule is NC(=O)c1ccccc1NCN1CCN(c2ccccc2)CC1. The monoisotopic (exact) mass is 310 g/mol. The summed E-state index contributed by atoms with van der Waals surface area (Å²) in [5, 5.41) is 3.33. The lowest BCUT2D eigenvalue weighted by molar-refractivity contribution is 0.100. The highest BCUT2D eigenvalue weighted by molar-refractivity contribution is 5.98. The Balaban J connectivity index is 1.53. The van der Waals surface area contributed by atoms with Crippen LogP contribution in [0.1, 0.15) is 10.4 Å². The summed E-state index contributed by atoms with van der Waals surface area (Å²) in [6.07, 6.45) is 0. The largest absolute Gasteiger partial charge is 0.372 e. The number of anilines is 2. The van der Waals surface area contributed by atoms with Gasteiger partial charge in [0.25, 0.3) is 5.91 Å². The standard InChI is InChI=1S/C18H22N4O/c19-18(23)16-8-4-5-9-17(16)20-14-21-10-12-22(13-11-21)15-6-2-1-3-7-15/h1-9,20H,10-14H2,(H2,19,23). The molecule has 5 nitrogen and oxygen atoms in total. The maximum Gasteiger partial charge on any atom is 0.250 e. The quantitative estimate of drug-likeness (QED) is 0.886. The lowest BCUT2D eigenvalue weighted by Gasteiger charge is -2.36. The zero-order valence-electron chi connectivity index (χ0n) is 13.1. The molecule has 0 unspecified atom stereocenters. The first kappa shape index (κ1) is 15.4. The van der Waals surface area contributed by atoms with Crippen molar-refractivity contribution in [3.8, 4) is 0 Å². The Kier molecular flexibility index (Phi) is 4.78. The van der Waals surface area contributed by atoms with Crippen molar-refractivity contribution in [2.45, 2.75) is 0 Å². The first-order valence-corrected chi connectivity index (χ1v) is 7.89. The minimum atomic E-state index is -0.401. The van der Waals surface area contributed by atoms with Crippen LogP contribution in [0.2, 0.25) is 0 Å². The first-order chi connectivity index (χ1) is 11.2. The van der Waals surface area contributed by atoms with Crippen LogP contribution in [0.5, 0.6) is 0 Å². The summed E-state index contributed by atoms with van der Waals surface area (Å²) in [6.45, 7) is 4.69. The highest BCUT2D eigenvalue weighted by Crippen LogP contribution is 2.17. The van der Waals surface area contributed by atoms with Crippen LogP contribution in [0.3, 0.4) is 0 Å². The molecule has 5 heteroatoms. The number of nitrogens with one attached hydrogen (secondary N) is 1. The number of hydrogen-bond donors (Lipinski definition) is 2. The molecule has 0 saturated carbocycles. The zero-order chi connectivity index (χ0) is 16.1. The van der Waals surface area contributed by atoms with Crippen LogP contribution in [0.25, 0.3) is 0 Å². The second-order valence-corrected chi connectivity index (χ2v) is 5.69. The van der Waals surface area contributed by atoms with E-state index in [0.29, 0.717) is 12.2 Å². The fourth-order valence-corrected chi connectivity index (χ4v) is 2.85. The fraction of sp³-hybridized carbons (Fsp3) is 0.278. The minimum absolute atomic E-state index is 0.401. The number of piperazine rings is 1. The summed E-state index contributed by atoms with van der Waals surface area (Å²) in [5.74, 6) is -0.401. The molecule has 1 heterocycles. The van der Waals surface area contributed by atoms with Gasteiger partial charge in [-0.25, -0.2) is 0 Å². The number of nitrogens with zero attached hydrogens (tertiary/aromatic N) is 2. The predicted octanol–water partition coefficient (Wildman–Crippen LogP) is 1.98. The van der Waals surface area contributed by atoms with Gasteiger partial charge in [-0.3, -0.25) is 9.69 Å². The van der Waals surface area contributed by atoms with Crippen molar-refractivity contribution in [2.75, 3.05) is 43.1 Å². The van der Waals surface area contributed by atoms with Crippen molar-refractivity contribution in [3.63, 3.8) is 0 Å². The van der Waals surface area contributed by atoms with Crippen LogP contribution in [0.15, 0.2) is 54.6 Å². The van der Waals surface area contributed by atoms with E-state index in [1.807, 2.05) is 24.3 Å². The molecular weight excluding hydrogens is 288 g/mol. The number of para-hydroxylation sites is 2. The van der Waals surface area contributed by atoms with Gasteiger partial charge in [0.1, 0.15) is 0 Å². The average Bonchev–Trinajstić information content (AvgIpc) is 2.61. The maximum atomic E-state index is 11.4. The minimum Gasteiger partial charge on any atom is -0.372 e. The predicted molar refractivity (Wildman–Crippen MR) is 93.7 cm³/mol. The molecule has 1 saturated heterocycles. The fourth-order valence-electron chi connectivity index (χ4n) is 2.85. The highest BCUT2D eigenvalue weighted by Gasteiger charge is 2.17. The molecule has 0 atom stereocenters. The van der Waals surface area contributed by atoms with Gasteiger partial charge in [0.2, 0.25) is 0 Å². The summed E-state index contributed by atoms with van der Waals surface area (Å²) in [6, 6.07) is 17.9. The summed E-state index contributed by atoms with van der Waals surface area (Å²) in [7, 11) is 0. The summed E-state index contributed by atoms with van der Waals surface area (Å²) >= 11 is 0. The van der Waals surface area contributed by atoms with Crippen LogP contribution in [-0.2, 0) is 0 Å². The van der Waals surface area contributed by atoms with Crippen LogP contribution < -0.4 is 16.0 Å². The normalized spacial score (nSPS) is 15.4. The van der Waals surface area contributed by atoms with E-state index in [1.165, 1.54) is 5.69 Å². The second-order valence-electron chi connectivity index (χ2n) is 5.69. The summed E-state index contributed by atoms with van der Waals surface area (Å²) in [4.78, 5) is 16.2. The molecule has 120 valence electrons. The van der Waals surface area contributed by atoms with E-state index in [1.54, 1.807) is 6.07 Å². The van der Waals surface area contributed by atoms with Crippen LogP contribution in [-0.4, -0.2) is 43.7 Å². The van der Waals surface area contributed by atoms with E-state index in [0.717, 1.165) is 31.9 Å². The molecule has 1 amide bonds. The number of carbonyl (C=O) groups is 1. The Morgan fingerprint density at radius 1 is 0.957 bits per heavy atom. The first-order valence-electron chi connectivity index (χ1n) is 7.89. The van der Waals surface area contributed by atoms with Gasteiger partial charge >= 0.3 is 0 Å². The van der Waals surface area contributed by atoms with Gasteiger partial charge in [-0.15, -0.1) is 0 Å². The maximum absolute atomic E-state index is 11.4. The Bertz CT molecular complexity index is 651. The molecular formula is C18H22N4O. The topological polar surface area (TPSA) is 61.6 Å². The van der Waals surface area contributed by atoms with Crippen molar-refractivity contribution in [2.24, 2.45) is 5.73 Å². The van der Waals surface area contributed by atoms with Gasteiger partial charge in [0, 0.05) is 37.6 Å². The van der Waals surface area contributed by atoms with Gasteiger partial charge in [0.15, 0.2) is 0 Å². The Labute approximate surface area is 136 Å². The van der Waals surface area contributed by atoms with Crippen molar-refractivity contribution in [1.29, 1.82) is 0 Å². The van der Waals surface area contributed by atoms with E-state index < -0.39 is 5.91 Å². The number of amides is 1. The van der Waals surface area contributed by atoms with Gasteiger partial charge in [-0.05, 0) is 24.3 Å². The van der Waals surface area contributed by atoms with Crippen molar-refractivity contribution in [1.82, 2.24) is 4.90 Å². The molecule has 2 aromatic rings. The molecule has 1 aliphatic heterocycles. The molecule has 0 spiro atoms. The molecule has 3 N–H and O–H groups in total. The van der Waals surface area contributed by atoms with Gasteiger partial charge < -0.3 is 16.0 Å². The van der Waals surface area contributed by atoms with Crippen LogP contribution in [0, 0.1) is 0 Å². The molecule has 0 aliphatic carbocycles. The van der Waals surface area contributed by atoms with Crippen LogP contribution >= 0.6 is 0 Å². The van der Waals surface area contributed by atoms with Gasteiger partial charge in [-0.1, -0.05) is 30.3 Å². The highest BCUT2D eigenvalue weighted by atomic mass is 16.1. The van der Waals surface area contributed by atoms with Crippen LogP contribution in [0.4, 0.5) is 11.4 Å². The summed E-state index contributed by atoms with van der Waals surface area (Å²) < 4.78 is 0. The second kappa shape index (κ2) is 7.15. The molecule has 2 aromatic carbocycles. The molecule has 3 rings (SSSR count). The van der Waals surface area contributed by atoms with Gasteiger partial charge in [0.05, 0.1) is 12.2 Å². The van der Waals surface area contributed by atoms with E-state index in [9.17, 15) is 4.79 Å². The molecule has 1 aliphatic rings. The number of rotatable bonds is 5. The van der Waals surface area contributed by atoms with Crippen molar-refractivity contribution in [3.05, 3.63) is 60.2 Å². The summed E-state index contributed by atoms with van der Waals surface area (Å²) in [5.41, 5.74) is 8.02. The van der Waals surface area contributed by atoms with E-state index in [2.05, 4.69) is 39.4 Å². The van der Waals surface area contributed by atoms with Crippen molar-refractivity contribution >= 4 is 17.3 Å². The van der Waals surface area contributed by atoms with Gasteiger partial charge in [-0.2, -0.15) is 0 Å². The Morgan fingerprint density at radius 2 is 1.61 bits per heavy atom.